The number of rotatable bonds is 4. The van der Waals surface area contributed by atoms with Gasteiger partial charge in [0.25, 0.3) is 0 Å². The van der Waals surface area contributed by atoms with Crippen LogP contribution in [-0.4, -0.2) is 30.2 Å². The summed E-state index contributed by atoms with van der Waals surface area (Å²) in [4.78, 5) is 26.1. The number of carbonyl (C=O) groups excluding carboxylic acids is 2. The molecule has 0 saturated carbocycles. The third-order valence-corrected chi connectivity index (χ3v) is 4.26. The molecule has 1 amide bonds. The van der Waals surface area contributed by atoms with Crippen LogP contribution in [0.25, 0.3) is 0 Å². The van der Waals surface area contributed by atoms with E-state index in [9.17, 15) is 9.59 Å². The minimum Gasteiger partial charge on any atom is -0.462 e. The Labute approximate surface area is 145 Å². The predicted molar refractivity (Wildman–Crippen MR) is 92.7 cm³/mol. The molecule has 2 heterocycles. The molecule has 3 rings (SSSR count). The molecule has 2 aromatic rings. The van der Waals surface area contributed by atoms with Crippen LogP contribution in [-0.2, 0) is 16.1 Å². The van der Waals surface area contributed by atoms with E-state index in [1.54, 1.807) is 19.1 Å². The van der Waals surface area contributed by atoms with E-state index < -0.39 is 5.97 Å². The number of ether oxygens (including phenoxy) is 1. The number of amides is 1. The van der Waals surface area contributed by atoms with E-state index in [4.69, 9.17) is 9.26 Å². The summed E-state index contributed by atoms with van der Waals surface area (Å²) >= 11 is 0. The second-order valence-electron chi connectivity index (χ2n) is 5.97. The SMILES string of the molecule is CCOC(=O)c1ccc2c(c1)NC(=O)CCN2Cc1c(C)noc1C. The lowest BCUT2D eigenvalue weighted by atomic mass is 10.1. The average molecular weight is 343 g/mol. The summed E-state index contributed by atoms with van der Waals surface area (Å²) < 4.78 is 10.3. The third kappa shape index (κ3) is 3.50. The molecule has 0 fully saturated rings. The maximum Gasteiger partial charge on any atom is 0.338 e. The number of aromatic nitrogens is 1. The molecule has 7 heteroatoms. The van der Waals surface area contributed by atoms with Crippen molar-refractivity contribution in [3.63, 3.8) is 0 Å². The number of fused-ring (bicyclic) bond motifs is 1. The van der Waals surface area contributed by atoms with Gasteiger partial charge in [0.1, 0.15) is 5.76 Å². The molecule has 7 nitrogen and oxygen atoms in total. The van der Waals surface area contributed by atoms with Gasteiger partial charge in [-0.25, -0.2) is 4.79 Å². The second-order valence-corrected chi connectivity index (χ2v) is 5.97. The van der Waals surface area contributed by atoms with Crippen molar-refractivity contribution in [1.29, 1.82) is 0 Å². The van der Waals surface area contributed by atoms with Gasteiger partial charge in [-0.2, -0.15) is 0 Å². The highest BCUT2D eigenvalue weighted by atomic mass is 16.5. The standard InChI is InChI=1S/C18H21N3O4/c1-4-24-18(23)13-5-6-16-15(9-13)19-17(22)7-8-21(16)10-14-11(2)20-25-12(14)3/h5-6,9H,4,7-8,10H2,1-3H3,(H,19,22). The van der Waals surface area contributed by atoms with Crippen LogP contribution in [0.2, 0.25) is 0 Å². The van der Waals surface area contributed by atoms with Crippen LogP contribution in [0, 0.1) is 13.8 Å². The van der Waals surface area contributed by atoms with Gasteiger partial charge in [-0.05, 0) is 39.0 Å². The highest BCUT2D eigenvalue weighted by molar-refractivity contribution is 5.99. The molecule has 0 saturated heterocycles. The first kappa shape index (κ1) is 17.0. The van der Waals surface area contributed by atoms with Gasteiger partial charge in [0.05, 0.1) is 29.2 Å². The Morgan fingerprint density at radius 2 is 2.20 bits per heavy atom. The third-order valence-electron chi connectivity index (χ3n) is 4.26. The first-order valence-corrected chi connectivity index (χ1v) is 8.27. The van der Waals surface area contributed by atoms with Gasteiger partial charge >= 0.3 is 5.97 Å². The minimum absolute atomic E-state index is 0.0801. The zero-order valence-corrected chi connectivity index (χ0v) is 14.6. The number of esters is 1. The summed E-state index contributed by atoms with van der Waals surface area (Å²) in [5.41, 5.74) is 3.74. The fourth-order valence-electron chi connectivity index (χ4n) is 2.91. The number of anilines is 2. The molecule has 1 aliphatic heterocycles. The van der Waals surface area contributed by atoms with Crippen LogP contribution in [0.3, 0.4) is 0 Å². The number of hydrogen-bond donors (Lipinski definition) is 1. The lowest BCUT2D eigenvalue weighted by Crippen LogP contribution is -2.24. The monoisotopic (exact) mass is 343 g/mol. The fourth-order valence-corrected chi connectivity index (χ4v) is 2.91. The number of carbonyl (C=O) groups is 2. The summed E-state index contributed by atoms with van der Waals surface area (Å²) in [5.74, 6) is 0.287. The van der Waals surface area contributed by atoms with E-state index in [0.29, 0.717) is 37.4 Å². The Morgan fingerprint density at radius 3 is 2.88 bits per heavy atom. The molecule has 1 aromatic carbocycles. The largest absolute Gasteiger partial charge is 0.462 e. The highest BCUT2D eigenvalue weighted by Gasteiger charge is 2.23. The average Bonchev–Trinajstić information content (AvgIpc) is 2.81. The van der Waals surface area contributed by atoms with Gasteiger partial charge in [0, 0.05) is 25.1 Å². The fraction of sp³-hybridized carbons (Fsp3) is 0.389. The molecular weight excluding hydrogens is 322 g/mol. The van der Waals surface area contributed by atoms with Gasteiger partial charge in [-0.1, -0.05) is 5.16 Å². The second kappa shape index (κ2) is 6.96. The zero-order chi connectivity index (χ0) is 18.0. The maximum atomic E-state index is 12.0. The molecule has 0 aliphatic carbocycles. The van der Waals surface area contributed by atoms with Crippen molar-refractivity contribution in [3.8, 4) is 0 Å². The van der Waals surface area contributed by atoms with E-state index in [-0.39, 0.29) is 5.91 Å². The molecule has 1 aliphatic rings. The molecule has 0 radical (unpaired) electrons. The molecule has 1 aromatic heterocycles. The number of nitrogens with zero attached hydrogens (tertiary/aromatic N) is 2. The Kier molecular flexibility index (Phi) is 4.74. The first-order valence-electron chi connectivity index (χ1n) is 8.27. The summed E-state index contributed by atoms with van der Waals surface area (Å²) in [6.45, 7) is 7.00. The molecule has 0 unspecified atom stereocenters. The van der Waals surface area contributed by atoms with Crippen molar-refractivity contribution < 1.29 is 18.8 Å². The normalized spacial score (nSPS) is 13.9. The van der Waals surface area contributed by atoms with Gasteiger partial charge in [-0.3, -0.25) is 4.79 Å². The Hall–Kier alpha value is -2.83. The molecule has 0 atom stereocenters. The Balaban J connectivity index is 1.95. The van der Waals surface area contributed by atoms with Crippen molar-refractivity contribution in [2.24, 2.45) is 0 Å². The lowest BCUT2D eigenvalue weighted by Gasteiger charge is -2.24. The van der Waals surface area contributed by atoms with E-state index in [2.05, 4.69) is 15.4 Å². The number of benzene rings is 1. The predicted octanol–water partition coefficient (Wildman–Crippen LogP) is 2.82. The van der Waals surface area contributed by atoms with Crippen molar-refractivity contribution in [1.82, 2.24) is 5.16 Å². The number of nitrogens with one attached hydrogen (secondary N) is 1. The quantitative estimate of drug-likeness (QED) is 0.859. The smallest absolute Gasteiger partial charge is 0.338 e. The summed E-state index contributed by atoms with van der Waals surface area (Å²) in [7, 11) is 0. The lowest BCUT2D eigenvalue weighted by molar-refractivity contribution is -0.115. The molecule has 0 bridgehead atoms. The van der Waals surface area contributed by atoms with Crippen LogP contribution < -0.4 is 10.2 Å². The Bertz CT molecular complexity index is 793. The van der Waals surface area contributed by atoms with E-state index in [1.807, 2.05) is 19.9 Å². The van der Waals surface area contributed by atoms with Crippen LogP contribution >= 0.6 is 0 Å². The molecule has 0 spiro atoms. The number of aryl methyl sites for hydroxylation is 2. The summed E-state index contributed by atoms with van der Waals surface area (Å²) in [5, 5.41) is 6.86. The van der Waals surface area contributed by atoms with Gasteiger partial charge in [-0.15, -0.1) is 0 Å². The molecular formula is C18H21N3O4. The van der Waals surface area contributed by atoms with Crippen LogP contribution in [0.1, 0.15) is 40.7 Å². The van der Waals surface area contributed by atoms with E-state index in [0.717, 1.165) is 22.7 Å². The van der Waals surface area contributed by atoms with Crippen molar-refractivity contribution in [3.05, 3.63) is 40.8 Å². The first-order chi connectivity index (χ1) is 12.0. The van der Waals surface area contributed by atoms with Crippen molar-refractivity contribution in [2.45, 2.75) is 33.7 Å². The maximum absolute atomic E-state index is 12.0. The summed E-state index contributed by atoms with van der Waals surface area (Å²) in [6.07, 6.45) is 0.368. The van der Waals surface area contributed by atoms with Crippen LogP contribution in [0.5, 0.6) is 0 Å². The topological polar surface area (TPSA) is 84.7 Å². The molecule has 25 heavy (non-hydrogen) atoms. The minimum atomic E-state index is -0.402. The Morgan fingerprint density at radius 1 is 1.40 bits per heavy atom. The zero-order valence-electron chi connectivity index (χ0n) is 14.6. The van der Waals surface area contributed by atoms with Gasteiger partial charge in [0.2, 0.25) is 5.91 Å². The number of hydrogen-bond acceptors (Lipinski definition) is 6. The van der Waals surface area contributed by atoms with Gasteiger partial charge < -0.3 is 19.5 Å². The van der Waals surface area contributed by atoms with Crippen LogP contribution in [0.15, 0.2) is 22.7 Å². The highest BCUT2D eigenvalue weighted by Crippen LogP contribution is 2.32. The summed E-state index contributed by atoms with van der Waals surface area (Å²) in [6, 6.07) is 5.22. The van der Waals surface area contributed by atoms with E-state index in [1.165, 1.54) is 0 Å². The van der Waals surface area contributed by atoms with Crippen LogP contribution in [0.4, 0.5) is 11.4 Å². The van der Waals surface area contributed by atoms with Gasteiger partial charge in [0.15, 0.2) is 0 Å². The van der Waals surface area contributed by atoms with Crippen molar-refractivity contribution >= 4 is 23.3 Å². The van der Waals surface area contributed by atoms with Crippen molar-refractivity contribution in [2.75, 3.05) is 23.4 Å². The van der Waals surface area contributed by atoms with E-state index >= 15 is 0 Å². The molecule has 132 valence electrons. The molecule has 1 N–H and O–H groups in total.